The molecule has 92 valence electrons. The zero-order chi connectivity index (χ0) is 12.4. The second-order valence-electron chi connectivity index (χ2n) is 3.97. The number of aromatic nitrogens is 1. The van der Waals surface area contributed by atoms with E-state index in [1.165, 1.54) is 11.3 Å². The third-order valence-electron chi connectivity index (χ3n) is 2.87. The smallest absolute Gasteiger partial charge is 0.280 e. The van der Waals surface area contributed by atoms with Crippen molar-refractivity contribution in [2.75, 3.05) is 20.1 Å². The van der Waals surface area contributed by atoms with Crippen molar-refractivity contribution < 1.29 is 9.59 Å². The van der Waals surface area contributed by atoms with Crippen LogP contribution in [0, 0.1) is 0 Å². The number of carbonyl (C=O) groups excluding carboxylic acids is 2. The Morgan fingerprint density at radius 1 is 1.35 bits per heavy atom. The lowest BCUT2D eigenvalue weighted by atomic mass is 10.2. The van der Waals surface area contributed by atoms with Crippen molar-refractivity contribution in [2.24, 2.45) is 0 Å². The van der Waals surface area contributed by atoms with Crippen LogP contribution in [-0.2, 0) is 17.6 Å². The van der Waals surface area contributed by atoms with E-state index in [0.717, 1.165) is 30.0 Å². The van der Waals surface area contributed by atoms with Crippen LogP contribution in [0.4, 0.5) is 0 Å². The number of carbonyl (C=O) groups is 2. The molecule has 1 aliphatic heterocycles. The Morgan fingerprint density at radius 2 is 2.06 bits per heavy atom. The standard InChI is InChI=1S/C11H15N3O2S/c1-7(15)14-5-3-8-9(4-6-14)17-11(13-8)10(16)12-2/h3-6H2,1-2H3,(H,12,16). The van der Waals surface area contributed by atoms with Crippen LogP contribution >= 0.6 is 11.3 Å². The van der Waals surface area contributed by atoms with Gasteiger partial charge in [-0.1, -0.05) is 0 Å². The summed E-state index contributed by atoms with van der Waals surface area (Å²) in [4.78, 5) is 30.1. The molecule has 6 heteroatoms. The molecule has 5 nitrogen and oxygen atoms in total. The van der Waals surface area contributed by atoms with E-state index in [1.807, 2.05) is 4.90 Å². The minimum Gasteiger partial charge on any atom is -0.353 e. The zero-order valence-electron chi connectivity index (χ0n) is 9.95. The van der Waals surface area contributed by atoms with Crippen LogP contribution in [0.15, 0.2) is 0 Å². The van der Waals surface area contributed by atoms with E-state index >= 15 is 0 Å². The van der Waals surface area contributed by atoms with Gasteiger partial charge in [-0.15, -0.1) is 11.3 Å². The Morgan fingerprint density at radius 3 is 2.71 bits per heavy atom. The van der Waals surface area contributed by atoms with Crippen molar-refractivity contribution >= 4 is 23.2 Å². The van der Waals surface area contributed by atoms with Crippen LogP contribution in [0.5, 0.6) is 0 Å². The van der Waals surface area contributed by atoms with Gasteiger partial charge in [-0.05, 0) is 0 Å². The molecule has 0 radical (unpaired) electrons. The minimum atomic E-state index is -0.133. The van der Waals surface area contributed by atoms with Crippen LogP contribution in [-0.4, -0.2) is 41.8 Å². The monoisotopic (exact) mass is 253 g/mol. The average molecular weight is 253 g/mol. The molecule has 1 aliphatic rings. The lowest BCUT2D eigenvalue weighted by molar-refractivity contribution is -0.128. The van der Waals surface area contributed by atoms with E-state index in [1.54, 1.807) is 14.0 Å². The normalized spacial score (nSPS) is 15.1. The Labute approximate surface area is 104 Å². The maximum absolute atomic E-state index is 11.5. The molecule has 0 aromatic carbocycles. The molecule has 0 unspecified atom stereocenters. The SMILES string of the molecule is CNC(=O)c1nc2c(s1)CCN(C(C)=O)CC2. The first-order valence-corrected chi connectivity index (χ1v) is 6.39. The van der Waals surface area contributed by atoms with Crippen LogP contribution in [0.1, 0.15) is 27.3 Å². The van der Waals surface area contributed by atoms with Gasteiger partial charge in [0.2, 0.25) is 5.91 Å². The predicted molar refractivity (Wildman–Crippen MR) is 65.2 cm³/mol. The molecule has 0 bridgehead atoms. The number of thiazole rings is 1. The van der Waals surface area contributed by atoms with Gasteiger partial charge >= 0.3 is 0 Å². The Balaban J connectivity index is 2.16. The fourth-order valence-corrected chi connectivity index (χ4v) is 2.92. The van der Waals surface area contributed by atoms with Gasteiger partial charge in [-0.2, -0.15) is 0 Å². The van der Waals surface area contributed by atoms with Crippen LogP contribution in [0.2, 0.25) is 0 Å². The predicted octanol–water partition coefficient (Wildman–Crippen LogP) is 0.450. The number of fused-ring (bicyclic) bond motifs is 1. The van der Waals surface area contributed by atoms with E-state index < -0.39 is 0 Å². The molecule has 0 aliphatic carbocycles. The highest BCUT2D eigenvalue weighted by atomic mass is 32.1. The lowest BCUT2D eigenvalue weighted by Gasteiger charge is -2.17. The number of hydrogen-bond acceptors (Lipinski definition) is 4. The van der Waals surface area contributed by atoms with Crippen molar-refractivity contribution in [3.05, 3.63) is 15.6 Å². The summed E-state index contributed by atoms with van der Waals surface area (Å²) in [7, 11) is 1.60. The first-order valence-electron chi connectivity index (χ1n) is 5.58. The molecule has 0 spiro atoms. The molecule has 0 saturated carbocycles. The van der Waals surface area contributed by atoms with Crippen molar-refractivity contribution in [2.45, 2.75) is 19.8 Å². The zero-order valence-corrected chi connectivity index (χ0v) is 10.8. The van der Waals surface area contributed by atoms with E-state index in [2.05, 4.69) is 10.3 Å². The first-order chi connectivity index (χ1) is 8.11. The maximum Gasteiger partial charge on any atom is 0.280 e. The van der Waals surface area contributed by atoms with Crippen LogP contribution in [0.3, 0.4) is 0 Å². The maximum atomic E-state index is 11.5. The third-order valence-corrected chi connectivity index (χ3v) is 4.03. The number of amides is 2. The summed E-state index contributed by atoms with van der Waals surface area (Å²) in [5.74, 6) is -0.0295. The average Bonchev–Trinajstić information content (AvgIpc) is 2.61. The van der Waals surface area contributed by atoms with Crippen molar-refractivity contribution in [3.63, 3.8) is 0 Å². The molecule has 1 aromatic rings. The summed E-state index contributed by atoms with van der Waals surface area (Å²) >= 11 is 1.43. The number of nitrogens with zero attached hydrogens (tertiary/aromatic N) is 2. The highest BCUT2D eigenvalue weighted by Crippen LogP contribution is 2.22. The summed E-state index contributed by atoms with van der Waals surface area (Å²) in [6.07, 6.45) is 1.53. The Hall–Kier alpha value is -1.43. The Bertz CT molecular complexity index is 430. The van der Waals surface area contributed by atoms with Gasteiger partial charge in [0.25, 0.3) is 5.91 Å². The molecule has 1 N–H and O–H groups in total. The second kappa shape index (κ2) is 4.83. The number of nitrogens with one attached hydrogen (secondary N) is 1. The highest BCUT2D eigenvalue weighted by Gasteiger charge is 2.21. The number of hydrogen-bond donors (Lipinski definition) is 1. The van der Waals surface area contributed by atoms with Crippen molar-refractivity contribution in [3.8, 4) is 0 Å². The van der Waals surface area contributed by atoms with E-state index in [0.29, 0.717) is 11.6 Å². The molecular weight excluding hydrogens is 238 g/mol. The van der Waals surface area contributed by atoms with Gasteiger partial charge in [0, 0.05) is 44.8 Å². The van der Waals surface area contributed by atoms with Gasteiger partial charge in [0.05, 0.1) is 5.69 Å². The van der Waals surface area contributed by atoms with Crippen molar-refractivity contribution in [1.82, 2.24) is 15.2 Å². The summed E-state index contributed by atoms with van der Waals surface area (Å²) in [5.41, 5.74) is 0.970. The molecule has 2 amide bonds. The first kappa shape index (κ1) is 12.0. The molecular formula is C11H15N3O2S. The lowest BCUT2D eigenvalue weighted by Crippen LogP contribution is -2.31. The highest BCUT2D eigenvalue weighted by molar-refractivity contribution is 7.13. The molecule has 17 heavy (non-hydrogen) atoms. The molecule has 0 atom stereocenters. The fourth-order valence-electron chi connectivity index (χ4n) is 1.88. The number of rotatable bonds is 1. The molecule has 0 saturated heterocycles. The molecule has 2 rings (SSSR count). The fraction of sp³-hybridized carbons (Fsp3) is 0.545. The molecule has 2 heterocycles. The summed E-state index contributed by atoms with van der Waals surface area (Å²) in [6.45, 7) is 3.00. The van der Waals surface area contributed by atoms with Gasteiger partial charge in [-0.25, -0.2) is 4.98 Å². The van der Waals surface area contributed by atoms with Gasteiger partial charge in [0.1, 0.15) is 0 Å². The third kappa shape index (κ3) is 2.46. The van der Waals surface area contributed by atoms with E-state index in [9.17, 15) is 9.59 Å². The van der Waals surface area contributed by atoms with Gasteiger partial charge < -0.3 is 10.2 Å². The molecule has 1 aromatic heterocycles. The van der Waals surface area contributed by atoms with Crippen LogP contribution in [0.25, 0.3) is 0 Å². The quantitative estimate of drug-likeness (QED) is 0.790. The summed E-state index contributed by atoms with van der Waals surface area (Å²) in [6, 6.07) is 0. The van der Waals surface area contributed by atoms with E-state index in [4.69, 9.17) is 0 Å². The van der Waals surface area contributed by atoms with Crippen LogP contribution < -0.4 is 5.32 Å². The minimum absolute atomic E-state index is 0.103. The van der Waals surface area contributed by atoms with E-state index in [-0.39, 0.29) is 11.8 Å². The summed E-state index contributed by atoms with van der Waals surface area (Å²) in [5, 5.41) is 3.10. The molecule has 0 fully saturated rings. The van der Waals surface area contributed by atoms with Gasteiger partial charge in [0.15, 0.2) is 5.01 Å². The second-order valence-corrected chi connectivity index (χ2v) is 5.06. The summed E-state index contributed by atoms with van der Waals surface area (Å²) < 4.78 is 0. The Kier molecular flexibility index (Phi) is 3.42. The van der Waals surface area contributed by atoms with Gasteiger partial charge in [-0.3, -0.25) is 9.59 Å². The van der Waals surface area contributed by atoms with Crippen molar-refractivity contribution in [1.29, 1.82) is 0 Å². The topological polar surface area (TPSA) is 62.3 Å². The largest absolute Gasteiger partial charge is 0.353 e.